The molecule has 4 aliphatic heterocycles. The molecule has 7 unspecified atom stereocenters. The second-order valence-electron chi connectivity index (χ2n) is 20.5. The second-order valence-corrected chi connectivity index (χ2v) is 20.5. The minimum absolute atomic E-state index is 0.0343. The highest BCUT2D eigenvalue weighted by Crippen LogP contribution is 2.66. The van der Waals surface area contributed by atoms with Crippen molar-refractivity contribution in [2.75, 3.05) is 19.8 Å². The maximum atomic E-state index is 13.8. The van der Waals surface area contributed by atoms with Gasteiger partial charge in [0.1, 0.15) is 78.7 Å². The van der Waals surface area contributed by atoms with Crippen LogP contribution in [-0.2, 0) is 42.7 Å². The minimum atomic E-state index is -1.72. The zero-order chi connectivity index (χ0) is 44.6. The van der Waals surface area contributed by atoms with E-state index in [0.717, 1.165) is 25.7 Å². The second kappa shape index (κ2) is 18.3. The Labute approximate surface area is 363 Å². The van der Waals surface area contributed by atoms with Crippen molar-refractivity contribution in [1.29, 1.82) is 0 Å². The van der Waals surface area contributed by atoms with Crippen molar-refractivity contribution in [3.8, 4) is 0 Å². The van der Waals surface area contributed by atoms with Gasteiger partial charge in [0, 0.05) is 31.3 Å². The molecular weight excluding hydrogens is 812 g/mol. The summed E-state index contributed by atoms with van der Waals surface area (Å²) in [5.41, 5.74) is 0.811. The summed E-state index contributed by atoms with van der Waals surface area (Å²) >= 11 is 0. The van der Waals surface area contributed by atoms with Crippen LogP contribution in [0.25, 0.3) is 0 Å². The van der Waals surface area contributed by atoms with Crippen LogP contribution in [0, 0.1) is 46.3 Å². The Hall–Kier alpha value is -1.52. The fraction of sp³-hybridized carbons (Fsp3) is 0.911. The lowest BCUT2D eigenvalue weighted by Crippen LogP contribution is -2.69. The summed E-state index contributed by atoms with van der Waals surface area (Å²) in [7, 11) is 0. The van der Waals surface area contributed by atoms with Gasteiger partial charge in [0.15, 0.2) is 18.9 Å². The van der Waals surface area contributed by atoms with Crippen LogP contribution in [0.15, 0.2) is 11.6 Å². The van der Waals surface area contributed by atoms with Gasteiger partial charge in [-0.1, -0.05) is 39.3 Å². The molecule has 0 spiro atoms. The molecular formula is C45H70O17. The molecule has 0 aromatic rings. The highest BCUT2D eigenvalue weighted by molar-refractivity contribution is 5.92. The van der Waals surface area contributed by atoms with Crippen LogP contribution in [0.3, 0.4) is 0 Å². The first-order valence-electron chi connectivity index (χ1n) is 23.0. The number of aliphatic hydroxyl groups excluding tert-OH is 8. The van der Waals surface area contributed by atoms with Crippen molar-refractivity contribution in [1.82, 2.24) is 0 Å². The van der Waals surface area contributed by atoms with E-state index in [4.69, 9.17) is 33.2 Å². The first kappa shape index (κ1) is 47.0. The molecule has 8 aliphatic rings. The Bertz CT molecular complexity index is 1650. The van der Waals surface area contributed by atoms with Crippen LogP contribution >= 0.6 is 0 Å². The normalized spacial score (nSPS) is 51.2. The average Bonchev–Trinajstić information content (AvgIpc) is 3.52. The lowest BCUT2D eigenvalue weighted by molar-refractivity contribution is -0.399. The molecule has 4 aliphatic carbocycles. The number of rotatable bonds is 13. The predicted molar refractivity (Wildman–Crippen MR) is 214 cm³/mol. The number of carbonyl (C=O) groups is 2. The molecule has 4 heterocycles. The summed E-state index contributed by atoms with van der Waals surface area (Å²) in [6.45, 7) is 9.45. The van der Waals surface area contributed by atoms with Crippen molar-refractivity contribution in [3.63, 3.8) is 0 Å². The van der Waals surface area contributed by atoms with Gasteiger partial charge in [-0.05, 0) is 86.4 Å². The fourth-order valence-corrected chi connectivity index (χ4v) is 12.8. The van der Waals surface area contributed by atoms with Gasteiger partial charge in [-0.25, -0.2) is 0 Å². The predicted octanol–water partition coefficient (Wildman–Crippen LogP) is 0.265. The summed E-state index contributed by atoms with van der Waals surface area (Å²) in [5, 5.41) is 85.4. The van der Waals surface area contributed by atoms with Crippen molar-refractivity contribution in [2.24, 2.45) is 46.3 Å². The molecule has 352 valence electrons. The standard InChI is InChI=1S/C45H70O17/c1-19(16-46)6-9-27(48)20(2)31-28(49)15-26-24-8-7-22-14-23(10-12-44(22,4)25(24)11-13-45(26,31)5)58-43-40(62-41-35(53)33(51)32(50)21(3)57-41)37(55)39(29(17-47)59-43)61-42-36(54)34(52)38-30(60-42)18-56-38/h7,19-21,23-26,29-43,46-47,50-55H,6,8-18H2,1-5H3/t19-,20-,21?,23?,24-,25+,26+,29?,30?,31+,32+,33+,34-,35?,36?,37+,38+,39-,40?,41+,42+,43-,44+,45+/m1/s1. The summed E-state index contributed by atoms with van der Waals surface area (Å²) in [6.07, 6.45) is -12.1. The first-order chi connectivity index (χ1) is 29.4. The smallest absolute Gasteiger partial charge is 0.187 e. The number of ketones is 2. The molecule has 62 heavy (non-hydrogen) atoms. The van der Waals surface area contributed by atoms with E-state index < -0.39 is 105 Å². The molecule has 0 aromatic heterocycles. The molecule has 0 aromatic carbocycles. The molecule has 0 radical (unpaired) electrons. The van der Waals surface area contributed by atoms with Crippen LogP contribution in [0.1, 0.15) is 92.4 Å². The van der Waals surface area contributed by atoms with Gasteiger partial charge in [-0.15, -0.1) is 0 Å². The summed E-state index contributed by atoms with van der Waals surface area (Å²) in [4.78, 5) is 27.3. The summed E-state index contributed by atoms with van der Waals surface area (Å²) < 4.78 is 42.1. The third-order valence-corrected chi connectivity index (χ3v) is 16.8. The van der Waals surface area contributed by atoms with E-state index in [1.807, 2.05) is 13.8 Å². The fourth-order valence-electron chi connectivity index (χ4n) is 12.8. The number of carbonyl (C=O) groups excluding carboxylic acids is 2. The van der Waals surface area contributed by atoms with Gasteiger partial charge in [0.2, 0.25) is 0 Å². The molecule has 8 N–H and O–H groups in total. The van der Waals surface area contributed by atoms with Gasteiger partial charge >= 0.3 is 0 Å². The lowest BCUT2D eigenvalue weighted by atomic mass is 9.47. The zero-order valence-corrected chi connectivity index (χ0v) is 36.5. The van der Waals surface area contributed by atoms with Crippen LogP contribution in [0.4, 0.5) is 0 Å². The molecule has 8 rings (SSSR count). The third-order valence-electron chi connectivity index (χ3n) is 16.8. The van der Waals surface area contributed by atoms with E-state index in [9.17, 15) is 50.4 Å². The maximum Gasteiger partial charge on any atom is 0.187 e. The molecule has 0 bridgehead atoms. The van der Waals surface area contributed by atoms with Gasteiger partial charge in [0.25, 0.3) is 0 Å². The van der Waals surface area contributed by atoms with E-state index in [1.165, 1.54) is 12.5 Å². The first-order valence-corrected chi connectivity index (χ1v) is 23.0. The minimum Gasteiger partial charge on any atom is -0.396 e. The van der Waals surface area contributed by atoms with E-state index in [2.05, 4.69) is 19.9 Å². The van der Waals surface area contributed by atoms with Crippen LogP contribution in [-0.4, -0.2) is 170 Å². The van der Waals surface area contributed by atoms with Gasteiger partial charge in [-0.3, -0.25) is 9.59 Å². The van der Waals surface area contributed by atoms with Crippen LogP contribution < -0.4 is 0 Å². The van der Waals surface area contributed by atoms with Crippen LogP contribution in [0.5, 0.6) is 0 Å². The Morgan fingerprint density at radius 3 is 2.23 bits per heavy atom. The molecule has 4 saturated heterocycles. The van der Waals surface area contributed by atoms with Gasteiger partial charge in [0.05, 0.1) is 25.4 Å². The largest absolute Gasteiger partial charge is 0.396 e. The SMILES string of the molecule is CC1O[C@@H](OC2[C@H](OC3CC[C@@]4(C)C(=CC[C@H]5[C@@H]6CC(=O)[C@H]([C@H](C)C(=O)CC[C@@H](C)CO)[C@@]6(C)CC[C@@H]54)C3)OC(CO)[C@@H](O[C@@H]3OC4CO[C@@H]4[C@H](O)C3O)[C@@H]2O)C(O)[C@@H](O)[C@H]1O. The van der Waals surface area contributed by atoms with E-state index in [1.54, 1.807) is 0 Å². The maximum absolute atomic E-state index is 13.8. The Kier molecular flexibility index (Phi) is 13.9. The van der Waals surface area contributed by atoms with Crippen LogP contribution in [0.2, 0.25) is 0 Å². The number of hydrogen-bond donors (Lipinski definition) is 8. The number of hydrogen-bond acceptors (Lipinski definition) is 17. The Morgan fingerprint density at radius 2 is 1.53 bits per heavy atom. The quantitative estimate of drug-likeness (QED) is 0.115. The highest BCUT2D eigenvalue weighted by atomic mass is 16.8. The molecule has 3 saturated carbocycles. The zero-order valence-electron chi connectivity index (χ0n) is 36.5. The summed E-state index contributed by atoms with van der Waals surface area (Å²) in [6, 6.07) is 0. The molecule has 17 heteroatoms. The topological polar surface area (TPSA) is 261 Å². The van der Waals surface area contributed by atoms with Crippen molar-refractivity contribution < 1.29 is 83.6 Å². The molecule has 0 amide bonds. The number of fused-ring (bicyclic) bond motifs is 6. The highest BCUT2D eigenvalue weighted by Gasteiger charge is 2.63. The monoisotopic (exact) mass is 882 g/mol. The average molecular weight is 883 g/mol. The van der Waals surface area contributed by atoms with E-state index >= 15 is 0 Å². The summed E-state index contributed by atoms with van der Waals surface area (Å²) in [5.74, 6) is 0.446. The van der Waals surface area contributed by atoms with Crippen molar-refractivity contribution in [3.05, 3.63) is 11.6 Å². The number of allylic oxidation sites excluding steroid dienone is 1. The molecule has 17 nitrogen and oxygen atoms in total. The Balaban J connectivity index is 0.981. The molecule has 24 atom stereocenters. The number of Topliss-reactive ketones (excluding diaryl/α,β-unsaturated/α-hetero) is 2. The number of aliphatic hydroxyl groups is 8. The van der Waals surface area contributed by atoms with Gasteiger partial charge in [-0.2, -0.15) is 0 Å². The van der Waals surface area contributed by atoms with Gasteiger partial charge < -0.3 is 74.0 Å². The lowest BCUT2D eigenvalue weighted by Gasteiger charge is -2.58. The van der Waals surface area contributed by atoms with Crippen molar-refractivity contribution >= 4 is 11.6 Å². The van der Waals surface area contributed by atoms with E-state index in [-0.39, 0.29) is 65.2 Å². The molecule has 7 fully saturated rings. The number of ether oxygens (including phenoxy) is 7. The van der Waals surface area contributed by atoms with E-state index in [0.29, 0.717) is 38.0 Å². The third kappa shape index (κ3) is 8.20. The van der Waals surface area contributed by atoms with Crippen molar-refractivity contribution in [2.45, 2.75) is 191 Å². The Morgan fingerprint density at radius 1 is 0.823 bits per heavy atom.